The number of ether oxygens (including phenoxy) is 2. The van der Waals surface area contributed by atoms with Gasteiger partial charge in [0.25, 0.3) is 0 Å². The van der Waals surface area contributed by atoms with Crippen LogP contribution in [0.15, 0.2) is 0 Å². The van der Waals surface area contributed by atoms with Crippen LogP contribution in [0.2, 0.25) is 13.1 Å². The molecule has 0 aliphatic carbocycles. The van der Waals surface area contributed by atoms with Crippen molar-refractivity contribution in [2.45, 2.75) is 13.1 Å². The van der Waals surface area contributed by atoms with Crippen molar-refractivity contribution in [2.24, 2.45) is 0 Å². The van der Waals surface area contributed by atoms with Crippen molar-refractivity contribution >= 4 is 18.1 Å². The summed E-state index contributed by atoms with van der Waals surface area (Å²) in [6, 6.07) is 0. The molecule has 1 rings (SSSR count). The van der Waals surface area contributed by atoms with Crippen LogP contribution in [-0.2, 0) is 18.3 Å². The summed E-state index contributed by atoms with van der Waals surface area (Å²) in [5.41, 5.74) is 0. The van der Waals surface area contributed by atoms with E-state index in [9.17, 15) is 0 Å². The maximum atomic E-state index is 5.62. The van der Waals surface area contributed by atoms with Gasteiger partial charge in [0.1, 0.15) is 13.6 Å². The smallest absolute Gasteiger partial charge is 0.333 e. The Labute approximate surface area is 76.2 Å². The third-order valence-electron chi connectivity index (χ3n) is 1.54. The SMILES string of the molecule is C[Si]1(C)OCOCOC[SiH2]CO1. The molecule has 1 heterocycles. The third kappa shape index (κ3) is 4.34. The van der Waals surface area contributed by atoms with Crippen LogP contribution in [-0.4, -0.2) is 44.1 Å². The Balaban J connectivity index is 2.27. The lowest BCUT2D eigenvalue weighted by Crippen LogP contribution is -2.38. The molecule has 0 aromatic heterocycles. The molecule has 12 heavy (non-hydrogen) atoms. The molecule has 6 heteroatoms. The Morgan fingerprint density at radius 3 is 2.67 bits per heavy atom. The minimum absolute atomic E-state index is 0.225. The van der Waals surface area contributed by atoms with E-state index in [1.54, 1.807) is 0 Å². The summed E-state index contributed by atoms with van der Waals surface area (Å²) < 4.78 is 21.3. The second kappa shape index (κ2) is 5.10. The number of rotatable bonds is 0. The average molecular weight is 208 g/mol. The summed E-state index contributed by atoms with van der Waals surface area (Å²) >= 11 is 0. The molecule has 1 aliphatic heterocycles. The zero-order chi connectivity index (χ0) is 8.86. The van der Waals surface area contributed by atoms with Crippen LogP contribution in [0.3, 0.4) is 0 Å². The van der Waals surface area contributed by atoms with Gasteiger partial charge in [-0.25, -0.2) is 0 Å². The van der Waals surface area contributed by atoms with Crippen LogP contribution < -0.4 is 0 Å². The van der Waals surface area contributed by atoms with Crippen LogP contribution in [0, 0.1) is 0 Å². The van der Waals surface area contributed by atoms with Gasteiger partial charge in [-0.2, -0.15) is 0 Å². The minimum Gasteiger partial charge on any atom is -0.398 e. The van der Waals surface area contributed by atoms with E-state index in [0.29, 0.717) is 13.6 Å². The van der Waals surface area contributed by atoms with E-state index in [4.69, 9.17) is 18.3 Å². The first-order valence-corrected chi connectivity index (χ1v) is 8.96. The van der Waals surface area contributed by atoms with Crippen LogP contribution in [0.25, 0.3) is 0 Å². The van der Waals surface area contributed by atoms with Gasteiger partial charge in [-0.3, -0.25) is 0 Å². The minimum atomic E-state index is -1.87. The van der Waals surface area contributed by atoms with E-state index in [-0.39, 0.29) is 9.52 Å². The van der Waals surface area contributed by atoms with Gasteiger partial charge in [0.15, 0.2) is 0 Å². The number of hydrogen-bond acceptors (Lipinski definition) is 4. The third-order valence-corrected chi connectivity index (χ3v) is 4.73. The quantitative estimate of drug-likeness (QED) is 0.515. The normalized spacial score (nSPS) is 28.5. The first-order chi connectivity index (χ1) is 5.71. The maximum Gasteiger partial charge on any atom is 0.333 e. The highest BCUT2D eigenvalue weighted by molar-refractivity contribution is 6.65. The summed E-state index contributed by atoms with van der Waals surface area (Å²) in [6.07, 6.45) is 1.70. The molecule has 0 amide bonds. The molecule has 0 aromatic carbocycles. The van der Waals surface area contributed by atoms with Gasteiger partial charge < -0.3 is 18.3 Å². The van der Waals surface area contributed by atoms with Crippen molar-refractivity contribution < 1.29 is 18.3 Å². The molecule has 0 atom stereocenters. The lowest BCUT2D eigenvalue weighted by molar-refractivity contribution is -0.1000. The molecule has 1 saturated heterocycles. The van der Waals surface area contributed by atoms with E-state index in [0.717, 1.165) is 12.5 Å². The van der Waals surface area contributed by atoms with Crippen molar-refractivity contribution in [3.8, 4) is 0 Å². The van der Waals surface area contributed by atoms with Crippen LogP contribution in [0.5, 0.6) is 0 Å². The predicted octanol–water partition coefficient (Wildman–Crippen LogP) is -0.233. The Kier molecular flexibility index (Phi) is 4.40. The highest BCUT2D eigenvalue weighted by Gasteiger charge is 2.24. The molecule has 1 fully saturated rings. The van der Waals surface area contributed by atoms with Gasteiger partial charge in [-0.05, 0) is 13.1 Å². The summed E-state index contributed by atoms with van der Waals surface area (Å²) in [4.78, 5) is 0. The molecule has 0 spiro atoms. The topological polar surface area (TPSA) is 36.9 Å². The van der Waals surface area contributed by atoms with Gasteiger partial charge in [-0.1, -0.05) is 0 Å². The zero-order valence-corrected chi connectivity index (χ0v) is 10.1. The molecule has 1 aliphatic rings. The van der Waals surface area contributed by atoms with Crippen molar-refractivity contribution in [1.29, 1.82) is 0 Å². The first kappa shape index (κ1) is 10.4. The maximum absolute atomic E-state index is 5.62. The average Bonchev–Trinajstić information content (AvgIpc) is 2.02. The molecular formula is C6H16O4Si2. The predicted molar refractivity (Wildman–Crippen MR) is 49.8 cm³/mol. The molecule has 0 saturated carbocycles. The van der Waals surface area contributed by atoms with Crippen LogP contribution in [0.4, 0.5) is 0 Å². The molecule has 0 unspecified atom stereocenters. The standard InChI is InChI=1S/C6H16O4Si2/c1-12(2)9-4-7-3-8-5-11-6-10-12/h3-6,11H2,1-2H3. The molecule has 0 radical (unpaired) electrons. The van der Waals surface area contributed by atoms with E-state index < -0.39 is 8.56 Å². The Bertz CT molecular complexity index is 119. The van der Waals surface area contributed by atoms with Gasteiger partial charge >= 0.3 is 8.56 Å². The Morgan fingerprint density at radius 1 is 1.00 bits per heavy atom. The van der Waals surface area contributed by atoms with Crippen molar-refractivity contribution in [3.05, 3.63) is 0 Å². The van der Waals surface area contributed by atoms with Gasteiger partial charge in [0.2, 0.25) is 0 Å². The van der Waals surface area contributed by atoms with Gasteiger partial charge in [-0.15, -0.1) is 0 Å². The zero-order valence-electron chi connectivity index (χ0n) is 7.67. The summed E-state index contributed by atoms with van der Waals surface area (Å²) in [6.45, 7) is 4.72. The van der Waals surface area contributed by atoms with E-state index >= 15 is 0 Å². The Hall–Kier alpha value is 0.274. The summed E-state index contributed by atoms with van der Waals surface area (Å²) in [5.74, 6) is 0. The monoisotopic (exact) mass is 208 g/mol. The molecule has 72 valence electrons. The van der Waals surface area contributed by atoms with Gasteiger partial charge in [0, 0.05) is 12.5 Å². The Morgan fingerprint density at radius 2 is 1.83 bits per heavy atom. The van der Waals surface area contributed by atoms with Gasteiger partial charge in [0.05, 0.1) is 9.52 Å². The van der Waals surface area contributed by atoms with Crippen molar-refractivity contribution in [1.82, 2.24) is 0 Å². The van der Waals surface area contributed by atoms with Crippen LogP contribution >= 0.6 is 0 Å². The largest absolute Gasteiger partial charge is 0.398 e. The van der Waals surface area contributed by atoms with Crippen molar-refractivity contribution in [3.63, 3.8) is 0 Å². The van der Waals surface area contributed by atoms with E-state index in [2.05, 4.69) is 0 Å². The summed E-state index contributed by atoms with van der Waals surface area (Å²) in [5, 5.41) is 0. The van der Waals surface area contributed by atoms with Crippen LogP contribution in [0.1, 0.15) is 0 Å². The fourth-order valence-electron chi connectivity index (χ4n) is 0.856. The lowest BCUT2D eigenvalue weighted by Gasteiger charge is -2.23. The molecular weight excluding hydrogens is 192 g/mol. The van der Waals surface area contributed by atoms with Crippen molar-refractivity contribution in [2.75, 3.05) is 26.0 Å². The van der Waals surface area contributed by atoms with E-state index in [1.165, 1.54) is 0 Å². The summed E-state index contributed by atoms with van der Waals surface area (Å²) in [7, 11) is -2.10. The molecule has 0 N–H and O–H groups in total. The fourth-order valence-corrected chi connectivity index (χ4v) is 4.29. The molecule has 0 bridgehead atoms. The second-order valence-corrected chi connectivity index (χ2v) is 7.99. The fraction of sp³-hybridized carbons (Fsp3) is 1.00. The highest BCUT2D eigenvalue weighted by atomic mass is 28.4. The highest BCUT2D eigenvalue weighted by Crippen LogP contribution is 2.06. The molecule has 4 nitrogen and oxygen atoms in total. The lowest BCUT2D eigenvalue weighted by atomic mass is 11.3. The number of hydrogen-bond donors (Lipinski definition) is 0. The first-order valence-electron chi connectivity index (χ1n) is 4.14. The second-order valence-electron chi connectivity index (χ2n) is 3.09. The molecule has 0 aromatic rings. The van der Waals surface area contributed by atoms with E-state index in [1.807, 2.05) is 13.1 Å².